The first-order chi connectivity index (χ1) is 18.5. The smallest absolute Gasteiger partial charge is 0.491 e. The zero-order valence-corrected chi connectivity index (χ0v) is 22.0. The Hall–Kier alpha value is -3.56. The summed E-state index contributed by atoms with van der Waals surface area (Å²) in [7, 11) is 0. The van der Waals surface area contributed by atoms with Crippen molar-refractivity contribution in [3.63, 3.8) is 0 Å². The average molecular weight is 538 g/mol. The zero-order chi connectivity index (χ0) is 27.4. The molecule has 3 heterocycles. The lowest BCUT2D eigenvalue weighted by atomic mass is 9.88. The molecule has 2 aromatic carbocycles. The van der Waals surface area contributed by atoms with E-state index in [4.69, 9.17) is 19.2 Å². The highest BCUT2D eigenvalue weighted by molar-refractivity contribution is 5.94. The molecule has 0 spiro atoms. The van der Waals surface area contributed by atoms with Gasteiger partial charge >= 0.3 is 6.29 Å². The Bertz CT molecular complexity index is 1430. The molecule has 1 saturated heterocycles. The van der Waals surface area contributed by atoms with Crippen LogP contribution < -0.4 is 14.2 Å². The van der Waals surface area contributed by atoms with Crippen LogP contribution in [0, 0.1) is 6.92 Å². The summed E-state index contributed by atoms with van der Waals surface area (Å²) in [6.07, 6.45) is -2.42. The molecule has 1 aromatic heterocycles. The number of pyridine rings is 1. The van der Waals surface area contributed by atoms with E-state index < -0.39 is 17.5 Å². The number of ketones is 1. The molecule has 1 atom stereocenters. The lowest BCUT2D eigenvalue weighted by Gasteiger charge is -2.17. The first-order valence-corrected chi connectivity index (χ1v) is 13.0. The number of carbonyl (C=O) groups excluding carboxylic acids is 1. The minimum Gasteiger partial charge on any atom is -0.491 e. The molecule has 2 aliphatic heterocycles. The second kappa shape index (κ2) is 9.27. The van der Waals surface area contributed by atoms with E-state index in [1.54, 1.807) is 6.07 Å². The van der Waals surface area contributed by atoms with E-state index in [1.165, 1.54) is 12.1 Å². The molecule has 0 N–H and O–H groups in total. The Morgan fingerprint density at radius 1 is 1.05 bits per heavy atom. The van der Waals surface area contributed by atoms with Gasteiger partial charge in [-0.05, 0) is 75.1 Å². The Morgan fingerprint density at radius 2 is 1.85 bits per heavy atom. The number of nitrogens with zero attached hydrogens (tertiary/aromatic N) is 1. The molecule has 6 rings (SSSR count). The standard InChI is InChI=1S/C30H29F2NO6/c1-18-7-9-21(15-26(34)29(11-12-29)20-8-10-24-25(14-20)39-30(31,32)38-24)33-27(18)19-5-4-6-22(13-19)35-16-23-17-36-28(2,3)37-23/h4-10,13-14,23H,11-12,15-17H2,1-3H3/t23-/m1/s1. The Balaban J connectivity index is 1.17. The molecule has 3 aliphatic rings. The van der Waals surface area contributed by atoms with Crippen LogP contribution in [0.1, 0.15) is 43.5 Å². The summed E-state index contributed by atoms with van der Waals surface area (Å²) in [5.41, 5.74) is 3.19. The maximum absolute atomic E-state index is 13.5. The number of Topliss-reactive ketones (excluding diaryl/α,β-unsaturated/α-hetero) is 1. The molecular formula is C30H29F2NO6. The minimum absolute atomic E-state index is 0.00535. The van der Waals surface area contributed by atoms with Gasteiger partial charge in [-0.15, -0.1) is 8.78 Å². The van der Waals surface area contributed by atoms with Gasteiger partial charge in [0.2, 0.25) is 0 Å². The van der Waals surface area contributed by atoms with Crippen molar-refractivity contribution in [2.45, 2.75) is 63.6 Å². The predicted molar refractivity (Wildman–Crippen MR) is 137 cm³/mol. The highest BCUT2D eigenvalue weighted by Crippen LogP contribution is 2.52. The molecule has 0 unspecified atom stereocenters. The van der Waals surface area contributed by atoms with E-state index in [-0.39, 0.29) is 29.8 Å². The van der Waals surface area contributed by atoms with Crippen molar-refractivity contribution >= 4 is 5.78 Å². The first-order valence-electron chi connectivity index (χ1n) is 13.0. The molecule has 2 fully saturated rings. The van der Waals surface area contributed by atoms with Crippen molar-refractivity contribution in [2.24, 2.45) is 0 Å². The Kier molecular flexibility index (Phi) is 6.11. The third kappa shape index (κ3) is 5.21. The van der Waals surface area contributed by atoms with Crippen molar-refractivity contribution in [3.05, 3.63) is 71.4 Å². The molecule has 39 heavy (non-hydrogen) atoms. The summed E-state index contributed by atoms with van der Waals surface area (Å²) in [6, 6.07) is 16.1. The van der Waals surface area contributed by atoms with Crippen molar-refractivity contribution in [1.29, 1.82) is 0 Å². The van der Waals surface area contributed by atoms with Crippen LogP contribution in [0.2, 0.25) is 0 Å². The maximum atomic E-state index is 13.5. The summed E-state index contributed by atoms with van der Waals surface area (Å²) >= 11 is 0. The topological polar surface area (TPSA) is 76.1 Å². The number of hydrogen-bond donors (Lipinski definition) is 0. The number of fused-ring (bicyclic) bond motifs is 1. The third-order valence-electron chi connectivity index (χ3n) is 7.34. The molecule has 1 aliphatic carbocycles. The number of halogens is 2. The van der Waals surface area contributed by atoms with Crippen molar-refractivity contribution in [3.8, 4) is 28.5 Å². The summed E-state index contributed by atoms with van der Waals surface area (Å²) in [4.78, 5) is 18.3. The molecule has 0 bridgehead atoms. The molecule has 1 saturated carbocycles. The number of ether oxygens (including phenoxy) is 5. The van der Waals surface area contributed by atoms with E-state index >= 15 is 0 Å². The highest BCUT2D eigenvalue weighted by atomic mass is 19.3. The largest absolute Gasteiger partial charge is 0.586 e. The van der Waals surface area contributed by atoms with Gasteiger partial charge in [0, 0.05) is 17.7 Å². The zero-order valence-electron chi connectivity index (χ0n) is 22.0. The van der Waals surface area contributed by atoms with Gasteiger partial charge in [-0.1, -0.05) is 24.3 Å². The lowest BCUT2D eigenvalue weighted by molar-refractivity contribution is -0.286. The van der Waals surface area contributed by atoms with Crippen LogP contribution in [-0.2, 0) is 26.1 Å². The molecule has 7 nitrogen and oxygen atoms in total. The molecule has 204 valence electrons. The third-order valence-corrected chi connectivity index (χ3v) is 7.34. The van der Waals surface area contributed by atoms with Crippen molar-refractivity contribution in [1.82, 2.24) is 4.98 Å². The van der Waals surface area contributed by atoms with Crippen LogP contribution in [0.5, 0.6) is 17.2 Å². The number of carbonyl (C=O) groups is 1. The summed E-state index contributed by atoms with van der Waals surface area (Å²) in [5, 5.41) is 0. The fourth-order valence-electron chi connectivity index (χ4n) is 5.16. The van der Waals surface area contributed by atoms with E-state index in [1.807, 2.05) is 57.2 Å². The van der Waals surface area contributed by atoms with Crippen molar-refractivity contribution < 1.29 is 37.3 Å². The second-order valence-electron chi connectivity index (χ2n) is 10.8. The normalized spacial score (nSPS) is 21.5. The van der Waals surface area contributed by atoms with E-state index in [9.17, 15) is 13.6 Å². The first kappa shape index (κ1) is 25.7. The van der Waals surface area contributed by atoms with Crippen LogP contribution in [0.3, 0.4) is 0 Å². The number of hydrogen-bond acceptors (Lipinski definition) is 7. The molecule has 0 radical (unpaired) electrons. The van der Waals surface area contributed by atoms with Crippen LogP contribution in [-0.4, -0.2) is 42.2 Å². The van der Waals surface area contributed by atoms with Gasteiger partial charge in [-0.2, -0.15) is 0 Å². The van der Waals surface area contributed by atoms with Gasteiger partial charge in [0.25, 0.3) is 0 Å². The number of alkyl halides is 2. The van der Waals surface area contributed by atoms with E-state index in [0.717, 1.165) is 16.8 Å². The molecular weight excluding hydrogens is 508 g/mol. The quantitative estimate of drug-likeness (QED) is 0.362. The number of aromatic nitrogens is 1. The Labute approximate surface area is 225 Å². The SMILES string of the molecule is Cc1ccc(CC(=O)C2(c3ccc4c(c3)OC(F)(F)O4)CC2)nc1-c1cccc(OC[C@@H]2COC(C)(C)O2)c1. The summed E-state index contributed by atoms with van der Waals surface area (Å²) < 4.78 is 53.4. The molecule has 9 heteroatoms. The van der Waals surface area contributed by atoms with Crippen LogP contribution >= 0.6 is 0 Å². The van der Waals surface area contributed by atoms with E-state index in [0.29, 0.717) is 43.1 Å². The minimum atomic E-state index is -3.69. The number of benzene rings is 2. The average Bonchev–Trinajstić information content (AvgIpc) is 3.54. The fourth-order valence-corrected chi connectivity index (χ4v) is 5.16. The van der Waals surface area contributed by atoms with Gasteiger partial charge < -0.3 is 23.7 Å². The molecule has 0 amide bonds. The molecule has 3 aromatic rings. The summed E-state index contributed by atoms with van der Waals surface area (Å²) in [6.45, 7) is 6.57. The van der Waals surface area contributed by atoms with E-state index in [2.05, 4.69) is 9.47 Å². The monoisotopic (exact) mass is 537 g/mol. The van der Waals surface area contributed by atoms with Gasteiger partial charge in [0.15, 0.2) is 17.3 Å². The fraction of sp³-hybridized carbons (Fsp3) is 0.400. The van der Waals surface area contributed by atoms with Crippen LogP contribution in [0.25, 0.3) is 11.3 Å². The van der Waals surface area contributed by atoms with Gasteiger partial charge in [0.1, 0.15) is 24.2 Å². The van der Waals surface area contributed by atoms with Gasteiger partial charge in [-0.25, -0.2) is 0 Å². The van der Waals surface area contributed by atoms with Crippen LogP contribution in [0.15, 0.2) is 54.6 Å². The summed E-state index contributed by atoms with van der Waals surface area (Å²) in [5.74, 6) is -0.00483. The second-order valence-corrected chi connectivity index (χ2v) is 10.8. The maximum Gasteiger partial charge on any atom is 0.586 e. The predicted octanol–water partition coefficient (Wildman–Crippen LogP) is 5.75. The van der Waals surface area contributed by atoms with Gasteiger partial charge in [0.05, 0.1) is 17.7 Å². The van der Waals surface area contributed by atoms with Crippen LogP contribution in [0.4, 0.5) is 8.78 Å². The number of rotatable bonds is 8. The van der Waals surface area contributed by atoms with Crippen molar-refractivity contribution in [2.75, 3.05) is 13.2 Å². The number of aryl methyl sites for hydroxylation is 1. The van der Waals surface area contributed by atoms with Gasteiger partial charge in [-0.3, -0.25) is 9.78 Å². The highest BCUT2D eigenvalue weighted by Gasteiger charge is 2.52. The Morgan fingerprint density at radius 3 is 2.59 bits per heavy atom. The lowest BCUT2D eigenvalue weighted by Crippen LogP contribution is -2.26.